The van der Waals surface area contributed by atoms with Crippen LogP contribution in [0.15, 0.2) is 18.7 Å². The van der Waals surface area contributed by atoms with Crippen molar-refractivity contribution in [2.24, 2.45) is 5.41 Å². The zero-order chi connectivity index (χ0) is 15.5. The highest BCUT2D eigenvalue weighted by Crippen LogP contribution is 2.23. The van der Waals surface area contributed by atoms with Crippen molar-refractivity contribution in [2.75, 3.05) is 13.1 Å². The van der Waals surface area contributed by atoms with E-state index >= 15 is 0 Å². The largest absolute Gasteiger partial charge is 0.343 e. The van der Waals surface area contributed by atoms with Gasteiger partial charge in [-0.25, -0.2) is 4.98 Å². The number of amides is 1. The smallest absolute Gasteiger partial charge is 0.219 e. The van der Waals surface area contributed by atoms with Crippen molar-refractivity contribution >= 4 is 5.91 Å². The Hall–Kier alpha value is -1.36. The Morgan fingerprint density at radius 3 is 2.52 bits per heavy atom. The number of rotatable bonds is 4. The van der Waals surface area contributed by atoms with Crippen molar-refractivity contribution in [3.63, 3.8) is 0 Å². The number of aromatic nitrogens is 2. The summed E-state index contributed by atoms with van der Waals surface area (Å²) in [7, 11) is 0. The second-order valence-electron chi connectivity index (χ2n) is 7.13. The van der Waals surface area contributed by atoms with E-state index in [2.05, 4.69) is 35.6 Å². The second-order valence-corrected chi connectivity index (χ2v) is 7.13. The number of imidazole rings is 1. The number of hydrogen-bond donors (Lipinski definition) is 1. The zero-order valence-corrected chi connectivity index (χ0v) is 13.7. The Balaban J connectivity index is 1.92. The number of piperidine rings is 1. The molecule has 2 heterocycles. The lowest BCUT2D eigenvalue weighted by molar-refractivity contribution is -0.129. The molecule has 1 amide bonds. The third kappa shape index (κ3) is 4.56. The summed E-state index contributed by atoms with van der Waals surface area (Å²) < 4.78 is 2.13. The summed E-state index contributed by atoms with van der Waals surface area (Å²) in [6.07, 6.45) is 7.79. The third-order valence-corrected chi connectivity index (χ3v) is 4.38. The molecule has 1 fully saturated rings. The molecule has 2 rings (SSSR count). The average Bonchev–Trinajstić information content (AvgIpc) is 2.90. The van der Waals surface area contributed by atoms with Gasteiger partial charge in [0.1, 0.15) is 0 Å². The molecule has 0 aliphatic carbocycles. The van der Waals surface area contributed by atoms with E-state index < -0.39 is 0 Å². The average molecular weight is 292 g/mol. The molecule has 1 unspecified atom stereocenters. The number of nitrogens with one attached hydrogen (secondary N) is 1. The summed E-state index contributed by atoms with van der Waals surface area (Å²) in [4.78, 5) is 17.5. The minimum atomic E-state index is 0.183. The van der Waals surface area contributed by atoms with Crippen LogP contribution in [-0.4, -0.2) is 45.5 Å². The van der Waals surface area contributed by atoms with Crippen molar-refractivity contribution in [1.29, 1.82) is 0 Å². The molecule has 1 saturated heterocycles. The van der Waals surface area contributed by atoms with E-state index in [1.807, 2.05) is 23.6 Å². The normalized spacial score (nSPS) is 18.8. The molecule has 0 aromatic carbocycles. The molecule has 1 atom stereocenters. The van der Waals surface area contributed by atoms with Crippen LogP contribution >= 0.6 is 0 Å². The SMILES string of the molecule is CC(=O)N1CCC(NC(Cn2ccnc2)C(C)(C)C)CC1. The fraction of sp³-hybridized carbons (Fsp3) is 0.750. The summed E-state index contributed by atoms with van der Waals surface area (Å²) in [5.41, 5.74) is 0.183. The predicted octanol–water partition coefficient (Wildman–Crippen LogP) is 1.90. The van der Waals surface area contributed by atoms with E-state index in [1.54, 1.807) is 6.92 Å². The van der Waals surface area contributed by atoms with Crippen LogP contribution in [-0.2, 0) is 11.3 Å². The van der Waals surface area contributed by atoms with Gasteiger partial charge in [0.15, 0.2) is 0 Å². The maximum absolute atomic E-state index is 11.4. The van der Waals surface area contributed by atoms with Gasteiger partial charge in [-0.1, -0.05) is 20.8 Å². The molecule has 5 heteroatoms. The molecule has 0 saturated carbocycles. The molecule has 5 nitrogen and oxygen atoms in total. The van der Waals surface area contributed by atoms with Crippen LogP contribution in [0.2, 0.25) is 0 Å². The highest BCUT2D eigenvalue weighted by molar-refractivity contribution is 5.73. The molecular formula is C16H28N4O. The van der Waals surface area contributed by atoms with Crippen LogP contribution in [0, 0.1) is 5.41 Å². The van der Waals surface area contributed by atoms with Crippen LogP contribution in [0.5, 0.6) is 0 Å². The number of carbonyl (C=O) groups excluding carboxylic acids is 1. The van der Waals surface area contributed by atoms with Crippen molar-refractivity contribution in [3.05, 3.63) is 18.7 Å². The Bertz CT molecular complexity index is 441. The molecule has 118 valence electrons. The summed E-state index contributed by atoms with van der Waals surface area (Å²) in [5.74, 6) is 0.194. The van der Waals surface area contributed by atoms with Crippen LogP contribution in [0.25, 0.3) is 0 Å². The monoisotopic (exact) mass is 292 g/mol. The minimum Gasteiger partial charge on any atom is -0.343 e. The molecule has 1 aliphatic heterocycles. The van der Waals surface area contributed by atoms with E-state index in [9.17, 15) is 4.79 Å². The number of nitrogens with zero attached hydrogens (tertiary/aromatic N) is 3. The molecule has 0 spiro atoms. The van der Waals surface area contributed by atoms with Crippen molar-refractivity contribution < 1.29 is 4.79 Å². The first-order valence-corrected chi connectivity index (χ1v) is 7.83. The van der Waals surface area contributed by atoms with Crippen LogP contribution in [0.1, 0.15) is 40.5 Å². The van der Waals surface area contributed by atoms with Gasteiger partial charge in [0.05, 0.1) is 6.33 Å². The molecule has 1 N–H and O–H groups in total. The van der Waals surface area contributed by atoms with Gasteiger partial charge in [-0.2, -0.15) is 0 Å². The highest BCUT2D eigenvalue weighted by atomic mass is 16.2. The lowest BCUT2D eigenvalue weighted by Crippen LogP contribution is -2.52. The van der Waals surface area contributed by atoms with E-state index in [0.29, 0.717) is 12.1 Å². The second kappa shape index (κ2) is 6.60. The maximum atomic E-state index is 11.4. The van der Waals surface area contributed by atoms with Crippen LogP contribution in [0.3, 0.4) is 0 Å². The quantitative estimate of drug-likeness (QED) is 0.922. The first-order chi connectivity index (χ1) is 9.86. The lowest BCUT2D eigenvalue weighted by atomic mass is 9.85. The van der Waals surface area contributed by atoms with Gasteiger partial charge in [0, 0.05) is 51.0 Å². The summed E-state index contributed by atoms with van der Waals surface area (Å²) in [6, 6.07) is 0.883. The van der Waals surface area contributed by atoms with E-state index in [1.165, 1.54) is 0 Å². The van der Waals surface area contributed by atoms with Gasteiger partial charge in [-0.3, -0.25) is 4.79 Å². The zero-order valence-electron chi connectivity index (χ0n) is 13.7. The van der Waals surface area contributed by atoms with Crippen LogP contribution in [0.4, 0.5) is 0 Å². The molecule has 21 heavy (non-hydrogen) atoms. The molecule has 1 aromatic rings. The number of hydrogen-bond acceptors (Lipinski definition) is 3. The van der Waals surface area contributed by atoms with Gasteiger partial charge >= 0.3 is 0 Å². The lowest BCUT2D eigenvalue weighted by Gasteiger charge is -2.38. The summed E-state index contributed by atoms with van der Waals surface area (Å²) in [6.45, 7) is 11.1. The third-order valence-electron chi connectivity index (χ3n) is 4.38. The Morgan fingerprint density at radius 2 is 2.05 bits per heavy atom. The summed E-state index contributed by atoms with van der Waals surface area (Å²) >= 11 is 0. The minimum absolute atomic E-state index is 0.183. The van der Waals surface area contributed by atoms with Gasteiger partial charge < -0.3 is 14.8 Å². The molecule has 0 radical (unpaired) electrons. The number of carbonyl (C=O) groups is 1. The van der Waals surface area contributed by atoms with Crippen molar-refractivity contribution in [2.45, 2.75) is 59.2 Å². The van der Waals surface area contributed by atoms with Gasteiger partial charge in [-0.15, -0.1) is 0 Å². The molecular weight excluding hydrogens is 264 g/mol. The van der Waals surface area contributed by atoms with Gasteiger partial charge in [-0.05, 0) is 18.3 Å². The standard InChI is InChI=1S/C16H28N4O/c1-13(21)20-8-5-14(6-9-20)18-15(16(2,3)4)11-19-10-7-17-12-19/h7,10,12,14-15,18H,5-6,8-9,11H2,1-4H3. The van der Waals surface area contributed by atoms with E-state index in [0.717, 1.165) is 32.5 Å². The first-order valence-electron chi connectivity index (χ1n) is 7.83. The maximum Gasteiger partial charge on any atom is 0.219 e. The highest BCUT2D eigenvalue weighted by Gasteiger charge is 2.29. The molecule has 1 aromatic heterocycles. The fourth-order valence-electron chi connectivity index (χ4n) is 2.83. The van der Waals surface area contributed by atoms with E-state index in [4.69, 9.17) is 0 Å². The predicted molar refractivity (Wildman–Crippen MR) is 83.9 cm³/mol. The van der Waals surface area contributed by atoms with E-state index in [-0.39, 0.29) is 11.3 Å². The topological polar surface area (TPSA) is 50.2 Å². The van der Waals surface area contributed by atoms with Gasteiger partial charge in [0.25, 0.3) is 0 Å². The van der Waals surface area contributed by atoms with Crippen molar-refractivity contribution in [3.8, 4) is 0 Å². The number of likely N-dealkylation sites (tertiary alicyclic amines) is 1. The molecule has 0 bridgehead atoms. The summed E-state index contributed by atoms with van der Waals surface area (Å²) in [5, 5.41) is 3.81. The van der Waals surface area contributed by atoms with Gasteiger partial charge in [0.2, 0.25) is 5.91 Å². The van der Waals surface area contributed by atoms with Crippen LogP contribution < -0.4 is 5.32 Å². The molecule has 1 aliphatic rings. The van der Waals surface area contributed by atoms with Crippen molar-refractivity contribution in [1.82, 2.24) is 19.8 Å². The first kappa shape index (κ1) is 16.0. The fourth-order valence-corrected chi connectivity index (χ4v) is 2.83. The Kier molecular flexibility index (Phi) is 5.04. The Labute approximate surface area is 127 Å². The Morgan fingerprint density at radius 1 is 1.38 bits per heavy atom.